The molecule has 2 aromatic rings. The predicted molar refractivity (Wildman–Crippen MR) is 77.9 cm³/mol. The van der Waals surface area contributed by atoms with Gasteiger partial charge in [0.15, 0.2) is 0 Å². The minimum absolute atomic E-state index is 0.0659. The maximum absolute atomic E-state index is 5.29. The number of aromatic nitrogens is 2. The normalized spacial score (nSPS) is 12.5. The fourth-order valence-electron chi connectivity index (χ4n) is 1.94. The zero-order valence-corrected chi connectivity index (χ0v) is 12.0. The molecule has 0 aliphatic carbocycles. The van der Waals surface area contributed by atoms with Crippen molar-refractivity contribution in [3.05, 3.63) is 48.3 Å². The van der Waals surface area contributed by atoms with Crippen LogP contribution in [-0.4, -0.2) is 43.3 Å². The molecule has 0 aliphatic rings. The summed E-state index contributed by atoms with van der Waals surface area (Å²) in [5.74, 6) is 0. The maximum Gasteiger partial charge on any atom is 0.0928 e. The SMILES string of the molecule is COCC(CNCc1ccn(-c2ccccc2)n1)OC. The molecule has 1 heterocycles. The standard InChI is InChI=1S/C15H21N3O2/c1-19-12-15(20-2)11-16-10-13-8-9-18(17-13)14-6-4-3-5-7-14/h3-9,15-16H,10-12H2,1-2H3. The van der Waals surface area contributed by atoms with Crippen LogP contribution >= 0.6 is 0 Å². The van der Waals surface area contributed by atoms with E-state index in [2.05, 4.69) is 10.4 Å². The molecule has 1 aromatic heterocycles. The van der Waals surface area contributed by atoms with Crippen LogP contribution in [0, 0.1) is 0 Å². The lowest BCUT2D eigenvalue weighted by Crippen LogP contribution is -2.31. The van der Waals surface area contributed by atoms with E-state index in [0.29, 0.717) is 13.2 Å². The molecule has 0 radical (unpaired) electrons. The van der Waals surface area contributed by atoms with Gasteiger partial charge in [-0.15, -0.1) is 0 Å². The number of benzene rings is 1. The molecule has 0 amide bonds. The highest BCUT2D eigenvalue weighted by molar-refractivity contribution is 5.30. The fourth-order valence-corrected chi connectivity index (χ4v) is 1.94. The first-order valence-electron chi connectivity index (χ1n) is 6.66. The van der Waals surface area contributed by atoms with E-state index < -0.39 is 0 Å². The number of hydrogen-bond acceptors (Lipinski definition) is 4. The van der Waals surface area contributed by atoms with E-state index in [1.54, 1.807) is 14.2 Å². The topological polar surface area (TPSA) is 48.3 Å². The van der Waals surface area contributed by atoms with Crippen LogP contribution in [0.4, 0.5) is 0 Å². The second-order valence-electron chi connectivity index (χ2n) is 4.53. The van der Waals surface area contributed by atoms with E-state index in [-0.39, 0.29) is 6.10 Å². The summed E-state index contributed by atoms with van der Waals surface area (Å²) < 4.78 is 12.2. The molecular weight excluding hydrogens is 254 g/mol. The summed E-state index contributed by atoms with van der Waals surface area (Å²) in [6.45, 7) is 2.04. The Hall–Kier alpha value is -1.69. The van der Waals surface area contributed by atoms with Crippen LogP contribution in [0.15, 0.2) is 42.6 Å². The molecule has 5 heteroatoms. The van der Waals surface area contributed by atoms with Gasteiger partial charge in [-0.3, -0.25) is 0 Å². The van der Waals surface area contributed by atoms with Crippen molar-refractivity contribution in [2.75, 3.05) is 27.4 Å². The molecule has 0 spiro atoms. The first kappa shape index (κ1) is 14.7. The Balaban J connectivity index is 1.84. The lowest BCUT2D eigenvalue weighted by atomic mass is 10.3. The first-order chi connectivity index (χ1) is 9.83. The monoisotopic (exact) mass is 275 g/mol. The molecule has 0 aliphatic heterocycles. The number of methoxy groups -OCH3 is 2. The molecule has 0 saturated heterocycles. The first-order valence-corrected chi connectivity index (χ1v) is 6.66. The number of para-hydroxylation sites is 1. The average molecular weight is 275 g/mol. The van der Waals surface area contributed by atoms with Crippen LogP contribution in [0.1, 0.15) is 5.69 Å². The summed E-state index contributed by atoms with van der Waals surface area (Å²) in [4.78, 5) is 0. The van der Waals surface area contributed by atoms with E-state index in [1.807, 2.05) is 47.3 Å². The third kappa shape index (κ3) is 4.16. The van der Waals surface area contributed by atoms with Crippen LogP contribution in [0.5, 0.6) is 0 Å². The van der Waals surface area contributed by atoms with Crippen LogP contribution in [-0.2, 0) is 16.0 Å². The van der Waals surface area contributed by atoms with Crippen molar-refractivity contribution < 1.29 is 9.47 Å². The largest absolute Gasteiger partial charge is 0.382 e. The van der Waals surface area contributed by atoms with Crippen LogP contribution in [0.2, 0.25) is 0 Å². The van der Waals surface area contributed by atoms with Gasteiger partial charge >= 0.3 is 0 Å². The van der Waals surface area contributed by atoms with Crippen molar-refractivity contribution >= 4 is 0 Å². The summed E-state index contributed by atoms with van der Waals surface area (Å²) in [5.41, 5.74) is 2.06. The molecule has 1 unspecified atom stereocenters. The van der Waals surface area contributed by atoms with Gasteiger partial charge in [-0.2, -0.15) is 5.10 Å². The van der Waals surface area contributed by atoms with Crippen LogP contribution < -0.4 is 5.32 Å². The number of rotatable bonds is 8. The third-order valence-corrected chi connectivity index (χ3v) is 3.03. The highest BCUT2D eigenvalue weighted by Gasteiger charge is 2.06. The van der Waals surface area contributed by atoms with E-state index in [4.69, 9.17) is 9.47 Å². The summed E-state index contributed by atoms with van der Waals surface area (Å²) in [6, 6.07) is 12.1. The van der Waals surface area contributed by atoms with Crippen LogP contribution in [0.25, 0.3) is 5.69 Å². The summed E-state index contributed by atoms with van der Waals surface area (Å²) in [6.07, 6.45) is 2.03. The fraction of sp³-hybridized carbons (Fsp3) is 0.400. The minimum Gasteiger partial charge on any atom is -0.382 e. The number of ether oxygens (including phenoxy) is 2. The van der Waals surface area contributed by atoms with Gasteiger partial charge < -0.3 is 14.8 Å². The van der Waals surface area contributed by atoms with Gasteiger partial charge in [-0.05, 0) is 18.2 Å². The molecule has 108 valence electrons. The van der Waals surface area contributed by atoms with Gasteiger partial charge in [-0.1, -0.05) is 18.2 Å². The van der Waals surface area contributed by atoms with E-state index in [0.717, 1.165) is 17.9 Å². The van der Waals surface area contributed by atoms with Gasteiger partial charge in [-0.25, -0.2) is 4.68 Å². The Labute approximate surface area is 119 Å². The summed E-state index contributed by atoms with van der Waals surface area (Å²) in [7, 11) is 3.36. The zero-order chi connectivity index (χ0) is 14.2. The average Bonchev–Trinajstić information content (AvgIpc) is 2.96. The lowest BCUT2D eigenvalue weighted by Gasteiger charge is -2.14. The van der Waals surface area contributed by atoms with Crippen molar-refractivity contribution in [1.82, 2.24) is 15.1 Å². The second-order valence-corrected chi connectivity index (χ2v) is 4.53. The van der Waals surface area contributed by atoms with Crippen LogP contribution in [0.3, 0.4) is 0 Å². The smallest absolute Gasteiger partial charge is 0.0928 e. The van der Waals surface area contributed by atoms with E-state index in [9.17, 15) is 0 Å². The van der Waals surface area contributed by atoms with E-state index in [1.165, 1.54) is 0 Å². The van der Waals surface area contributed by atoms with Gasteiger partial charge in [0.2, 0.25) is 0 Å². The highest BCUT2D eigenvalue weighted by atomic mass is 16.5. The van der Waals surface area contributed by atoms with Crippen molar-refractivity contribution in [3.8, 4) is 5.69 Å². The maximum atomic E-state index is 5.29. The molecular formula is C15H21N3O2. The Morgan fingerprint density at radius 2 is 2.00 bits per heavy atom. The molecule has 20 heavy (non-hydrogen) atoms. The Kier molecular flexibility index (Phi) is 5.73. The number of nitrogens with zero attached hydrogens (tertiary/aromatic N) is 2. The van der Waals surface area contributed by atoms with E-state index >= 15 is 0 Å². The minimum atomic E-state index is 0.0659. The molecule has 1 atom stereocenters. The molecule has 5 nitrogen and oxygen atoms in total. The molecule has 1 N–H and O–H groups in total. The van der Waals surface area contributed by atoms with Crippen molar-refractivity contribution in [3.63, 3.8) is 0 Å². The highest BCUT2D eigenvalue weighted by Crippen LogP contribution is 2.06. The molecule has 0 bridgehead atoms. The zero-order valence-electron chi connectivity index (χ0n) is 12.0. The number of nitrogens with one attached hydrogen (secondary N) is 1. The lowest BCUT2D eigenvalue weighted by molar-refractivity contribution is 0.0287. The Morgan fingerprint density at radius 3 is 2.70 bits per heavy atom. The van der Waals surface area contributed by atoms with Crippen molar-refractivity contribution in [2.24, 2.45) is 0 Å². The Morgan fingerprint density at radius 1 is 1.20 bits per heavy atom. The molecule has 0 saturated carbocycles. The molecule has 0 fully saturated rings. The molecule has 2 rings (SSSR count). The predicted octanol–water partition coefficient (Wildman–Crippen LogP) is 1.62. The van der Waals surface area contributed by atoms with Gasteiger partial charge in [0.05, 0.1) is 24.1 Å². The van der Waals surface area contributed by atoms with Crippen molar-refractivity contribution in [2.45, 2.75) is 12.6 Å². The summed E-state index contributed by atoms with van der Waals surface area (Å²) >= 11 is 0. The van der Waals surface area contributed by atoms with Gasteiger partial charge in [0.25, 0.3) is 0 Å². The molecule has 1 aromatic carbocycles. The quantitative estimate of drug-likeness (QED) is 0.795. The third-order valence-electron chi connectivity index (χ3n) is 3.03. The van der Waals surface area contributed by atoms with Crippen molar-refractivity contribution in [1.29, 1.82) is 0 Å². The number of hydrogen-bond donors (Lipinski definition) is 1. The second kappa shape index (κ2) is 7.79. The van der Waals surface area contributed by atoms with Gasteiger partial charge in [0.1, 0.15) is 0 Å². The Bertz CT molecular complexity index is 499. The van der Waals surface area contributed by atoms with Gasteiger partial charge in [0, 0.05) is 33.5 Å². The summed E-state index contributed by atoms with van der Waals surface area (Å²) in [5, 5.41) is 7.85.